The number of rotatable bonds is 1. The van der Waals surface area contributed by atoms with Gasteiger partial charge in [-0.2, -0.15) is 5.26 Å². The molecule has 1 heterocycles. The van der Waals surface area contributed by atoms with Crippen LogP contribution in [0.4, 0.5) is 0 Å². The molecule has 3 nitrogen and oxygen atoms in total. The number of carbonyl (C=O) groups excluding carboxylic acids is 1. The van der Waals surface area contributed by atoms with Crippen molar-refractivity contribution in [1.82, 2.24) is 4.98 Å². The van der Waals surface area contributed by atoms with Gasteiger partial charge in [0.15, 0.2) is 0 Å². The van der Waals surface area contributed by atoms with E-state index in [0.29, 0.717) is 11.1 Å². The minimum atomic E-state index is -0.650. The van der Waals surface area contributed by atoms with Gasteiger partial charge in [-0.3, -0.25) is 9.78 Å². The van der Waals surface area contributed by atoms with Gasteiger partial charge in [0.25, 0.3) is 5.24 Å². The molecule has 12 heavy (non-hydrogen) atoms. The first-order chi connectivity index (χ1) is 5.66. The fraction of sp³-hybridized carbons (Fsp3) is 0.125. The van der Waals surface area contributed by atoms with Crippen LogP contribution in [0.15, 0.2) is 12.4 Å². The molecule has 60 valence electrons. The topological polar surface area (TPSA) is 53.8 Å². The van der Waals surface area contributed by atoms with E-state index in [1.165, 1.54) is 12.4 Å². The highest BCUT2D eigenvalue weighted by molar-refractivity contribution is 6.68. The van der Waals surface area contributed by atoms with Crippen LogP contribution < -0.4 is 0 Å². The van der Waals surface area contributed by atoms with Gasteiger partial charge in [0, 0.05) is 12.4 Å². The second kappa shape index (κ2) is 3.33. The minimum absolute atomic E-state index is 0.166. The van der Waals surface area contributed by atoms with Crippen molar-refractivity contribution in [3.05, 3.63) is 29.1 Å². The molecule has 0 bridgehead atoms. The van der Waals surface area contributed by atoms with E-state index in [0.717, 1.165) is 0 Å². The first-order valence-corrected chi connectivity index (χ1v) is 3.59. The number of hydrogen-bond donors (Lipinski definition) is 0. The van der Waals surface area contributed by atoms with Gasteiger partial charge in [-0.25, -0.2) is 0 Å². The average molecular weight is 181 g/mol. The number of nitriles is 1. The lowest BCUT2D eigenvalue weighted by Gasteiger charge is -1.98. The van der Waals surface area contributed by atoms with Crippen molar-refractivity contribution in [3.8, 4) is 6.07 Å². The smallest absolute Gasteiger partial charge is 0.255 e. The second-order valence-corrected chi connectivity index (χ2v) is 2.61. The molecule has 0 spiro atoms. The van der Waals surface area contributed by atoms with E-state index in [4.69, 9.17) is 16.9 Å². The van der Waals surface area contributed by atoms with Crippen LogP contribution in [0.25, 0.3) is 0 Å². The lowest BCUT2D eigenvalue weighted by atomic mass is 10.1. The Morgan fingerprint density at radius 2 is 2.33 bits per heavy atom. The number of aromatic nitrogens is 1. The van der Waals surface area contributed by atoms with E-state index >= 15 is 0 Å². The van der Waals surface area contributed by atoms with E-state index in [9.17, 15) is 4.79 Å². The van der Waals surface area contributed by atoms with Crippen LogP contribution in [0.2, 0.25) is 0 Å². The van der Waals surface area contributed by atoms with Crippen molar-refractivity contribution in [3.63, 3.8) is 0 Å². The minimum Gasteiger partial charge on any atom is -0.275 e. The first kappa shape index (κ1) is 8.69. The molecule has 4 heteroatoms. The number of aryl methyl sites for hydroxylation is 1. The predicted molar refractivity (Wildman–Crippen MR) is 43.9 cm³/mol. The molecule has 0 saturated carbocycles. The molecule has 0 unspecified atom stereocenters. The summed E-state index contributed by atoms with van der Waals surface area (Å²) in [6.45, 7) is 1.70. The van der Waals surface area contributed by atoms with Crippen LogP contribution >= 0.6 is 11.6 Å². The van der Waals surface area contributed by atoms with Crippen molar-refractivity contribution in [2.75, 3.05) is 0 Å². The molecule has 0 aromatic carbocycles. The SMILES string of the molecule is Cc1cncc(C(=O)Cl)c1C#N. The van der Waals surface area contributed by atoms with Gasteiger partial charge in [0.1, 0.15) is 6.07 Å². The van der Waals surface area contributed by atoms with Gasteiger partial charge in [0.05, 0.1) is 11.1 Å². The lowest BCUT2D eigenvalue weighted by molar-refractivity contribution is 0.108. The zero-order valence-electron chi connectivity index (χ0n) is 6.34. The molecule has 0 N–H and O–H groups in total. The zero-order valence-corrected chi connectivity index (χ0v) is 7.09. The Hall–Kier alpha value is -1.40. The first-order valence-electron chi connectivity index (χ1n) is 3.21. The van der Waals surface area contributed by atoms with Crippen LogP contribution in [0.3, 0.4) is 0 Å². The average Bonchev–Trinajstić information content (AvgIpc) is 2.03. The normalized spacial score (nSPS) is 9.08. The van der Waals surface area contributed by atoms with Crippen molar-refractivity contribution < 1.29 is 4.79 Å². The monoisotopic (exact) mass is 180 g/mol. The molecule has 0 aliphatic rings. The maximum absolute atomic E-state index is 10.8. The molecular formula is C8H5ClN2O. The number of carbonyl (C=O) groups is 1. The highest BCUT2D eigenvalue weighted by atomic mass is 35.5. The van der Waals surface area contributed by atoms with Gasteiger partial charge in [-0.15, -0.1) is 0 Å². The quantitative estimate of drug-likeness (QED) is 0.618. The Morgan fingerprint density at radius 1 is 1.67 bits per heavy atom. The van der Waals surface area contributed by atoms with Crippen LogP contribution in [-0.2, 0) is 0 Å². The molecule has 0 fully saturated rings. The third kappa shape index (κ3) is 1.44. The van der Waals surface area contributed by atoms with Crippen LogP contribution in [0.5, 0.6) is 0 Å². The summed E-state index contributed by atoms with van der Waals surface area (Å²) in [5.41, 5.74) is 1.12. The molecule has 0 aliphatic carbocycles. The van der Waals surface area contributed by atoms with Crippen molar-refractivity contribution in [2.24, 2.45) is 0 Å². The summed E-state index contributed by atoms with van der Waals surface area (Å²) in [5, 5.41) is 8.01. The Balaban J connectivity index is 3.40. The molecule has 1 rings (SSSR count). The number of hydrogen-bond acceptors (Lipinski definition) is 3. The third-order valence-corrected chi connectivity index (χ3v) is 1.66. The number of pyridine rings is 1. The molecule has 1 aromatic heterocycles. The highest BCUT2D eigenvalue weighted by Crippen LogP contribution is 2.12. The largest absolute Gasteiger partial charge is 0.275 e. The van der Waals surface area contributed by atoms with Crippen molar-refractivity contribution in [1.29, 1.82) is 5.26 Å². The standard InChI is InChI=1S/C8H5ClN2O/c1-5-3-11-4-7(8(9)12)6(5)2-10/h3-4H,1H3. The Morgan fingerprint density at radius 3 is 2.75 bits per heavy atom. The summed E-state index contributed by atoms with van der Waals surface area (Å²) in [4.78, 5) is 14.5. The van der Waals surface area contributed by atoms with Gasteiger partial charge in [0.2, 0.25) is 0 Å². The fourth-order valence-corrected chi connectivity index (χ4v) is 1.01. The van der Waals surface area contributed by atoms with E-state index in [1.807, 2.05) is 6.07 Å². The van der Waals surface area contributed by atoms with Gasteiger partial charge < -0.3 is 0 Å². The van der Waals surface area contributed by atoms with E-state index in [-0.39, 0.29) is 5.56 Å². The lowest BCUT2D eigenvalue weighted by Crippen LogP contribution is -1.97. The van der Waals surface area contributed by atoms with Gasteiger partial charge in [-0.1, -0.05) is 0 Å². The summed E-state index contributed by atoms with van der Waals surface area (Å²) < 4.78 is 0. The Kier molecular flexibility index (Phi) is 2.41. The van der Waals surface area contributed by atoms with Gasteiger partial charge >= 0.3 is 0 Å². The molecule has 1 aromatic rings. The maximum atomic E-state index is 10.8. The number of halogens is 1. The molecule has 0 amide bonds. The van der Waals surface area contributed by atoms with Crippen molar-refractivity contribution >= 4 is 16.8 Å². The highest BCUT2D eigenvalue weighted by Gasteiger charge is 2.10. The predicted octanol–water partition coefficient (Wildman–Crippen LogP) is 1.64. The van der Waals surface area contributed by atoms with Crippen LogP contribution in [0, 0.1) is 18.3 Å². The van der Waals surface area contributed by atoms with Crippen LogP contribution in [0.1, 0.15) is 21.5 Å². The summed E-state index contributed by atoms with van der Waals surface area (Å²) in [6.07, 6.45) is 2.81. The maximum Gasteiger partial charge on any atom is 0.255 e. The summed E-state index contributed by atoms with van der Waals surface area (Å²) >= 11 is 5.23. The Bertz CT molecular complexity index is 368. The molecular weight excluding hydrogens is 176 g/mol. The summed E-state index contributed by atoms with van der Waals surface area (Å²) in [6, 6.07) is 1.90. The summed E-state index contributed by atoms with van der Waals surface area (Å²) in [5.74, 6) is 0. The molecule has 0 aliphatic heterocycles. The zero-order chi connectivity index (χ0) is 9.14. The van der Waals surface area contributed by atoms with Gasteiger partial charge in [-0.05, 0) is 24.1 Å². The fourth-order valence-electron chi connectivity index (χ4n) is 0.863. The Labute approximate surface area is 74.6 Å². The van der Waals surface area contributed by atoms with E-state index in [2.05, 4.69) is 4.98 Å². The van der Waals surface area contributed by atoms with Crippen LogP contribution in [-0.4, -0.2) is 10.2 Å². The van der Waals surface area contributed by atoms with Crippen molar-refractivity contribution in [2.45, 2.75) is 6.92 Å². The molecule has 0 saturated heterocycles. The summed E-state index contributed by atoms with van der Waals surface area (Å²) in [7, 11) is 0. The van der Waals surface area contributed by atoms with E-state index in [1.54, 1.807) is 6.92 Å². The molecule has 0 radical (unpaired) electrons. The van der Waals surface area contributed by atoms with E-state index < -0.39 is 5.24 Å². The third-order valence-electron chi connectivity index (χ3n) is 1.46. The number of nitrogens with zero attached hydrogens (tertiary/aromatic N) is 2. The molecule has 0 atom stereocenters. The second-order valence-electron chi connectivity index (χ2n) is 2.26.